The lowest BCUT2D eigenvalue weighted by Gasteiger charge is -2.31. The summed E-state index contributed by atoms with van der Waals surface area (Å²) in [5.41, 5.74) is 2.69. The minimum atomic E-state index is 0.0489. The zero-order chi connectivity index (χ0) is 19.3. The highest BCUT2D eigenvalue weighted by Gasteiger charge is 2.25. The third kappa shape index (κ3) is 4.48. The summed E-state index contributed by atoms with van der Waals surface area (Å²) < 4.78 is 5.24. The van der Waals surface area contributed by atoms with E-state index in [1.54, 1.807) is 11.3 Å². The first-order chi connectivity index (χ1) is 13.7. The van der Waals surface area contributed by atoms with Crippen LogP contribution in [0.2, 0.25) is 0 Å². The Morgan fingerprint density at radius 2 is 2.07 bits per heavy atom. The fraction of sp³-hybridized carbons (Fsp3) is 0.381. The standard InChI is InChI=1S/C21H24N4O2S/c1-15-5-2-3-6-17(15)14-25-10-8-16(9-11-25)21(26)22-13-19-23-20(24-27-19)18-7-4-12-28-18/h2-7,12,16H,8-11,13-14H2,1H3,(H,22,26). The van der Waals surface area contributed by atoms with Crippen LogP contribution in [0.25, 0.3) is 10.7 Å². The fourth-order valence-electron chi connectivity index (χ4n) is 3.52. The number of hydrogen-bond acceptors (Lipinski definition) is 6. The molecule has 4 rings (SSSR count). The maximum absolute atomic E-state index is 12.5. The number of aryl methyl sites for hydroxylation is 1. The monoisotopic (exact) mass is 396 g/mol. The highest BCUT2D eigenvalue weighted by molar-refractivity contribution is 7.13. The highest BCUT2D eigenvalue weighted by atomic mass is 32.1. The molecule has 0 atom stereocenters. The number of rotatable bonds is 6. The molecule has 3 aromatic rings. The summed E-state index contributed by atoms with van der Waals surface area (Å²) in [6.07, 6.45) is 1.75. The quantitative estimate of drug-likeness (QED) is 0.689. The Morgan fingerprint density at radius 1 is 1.25 bits per heavy atom. The number of nitrogens with zero attached hydrogens (tertiary/aromatic N) is 3. The van der Waals surface area contributed by atoms with Gasteiger partial charge in [-0.25, -0.2) is 0 Å². The summed E-state index contributed by atoms with van der Waals surface area (Å²) in [6.45, 7) is 5.26. The van der Waals surface area contributed by atoms with Crippen LogP contribution in [-0.4, -0.2) is 34.0 Å². The minimum Gasteiger partial charge on any atom is -0.347 e. The first-order valence-corrected chi connectivity index (χ1v) is 10.5. The van der Waals surface area contributed by atoms with Gasteiger partial charge in [0.05, 0.1) is 11.4 Å². The van der Waals surface area contributed by atoms with Crippen molar-refractivity contribution in [3.05, 3.63) is 58.8 Å². The second kappa shape index (κ2) is 8.67. The van der Waals surface area contributed by atoms with E-state index in [1.165, 1.54) is 11.1 Å². The Balaban J connectivity index is 1.24. The zero-order valence-corrected chi connectivity index (χ0v) is 16.7. The molecule has 0 spiro atoms. The molecule has 1 aliphatic heterocycles. The maximum atomic E-state index is 12.5. The average Bonchev–Trinajstić information content (AvgIpc) is 3.40. The molecule has 2 aromatic heterocycles. The lowest BCUT2D eigenvalue weighted by molar-refractivity contribution is -0.126. The van der Waals surface area contributed by atoms with Gasteiger partial charge in [0.25, 0.3) is 0 Å². The van der Waals surface area contributed by atoms with Gasteiger partial charge >= 0.3 is 0 Å². The first kappa shape index (κ1) is 18.8. The number of nitrogens with one attached hydrogen (secondary N) is 1. The lowest BCUT2D eigenvalue weighted by Crippen LogP contribution is -2.40. The number of carbonyl (C=O) groups is 1. The lowest BCUT2D eigenvalue weighted by atomic mass is 9.95. The van der Waals surface area contributed by atoms with Crippen LogP contribution in [0.15, 0.2) is 46.3 Å². The molecule has 0 radical (unpaired) electrons. The molecule has 1 N–H and O–H groups in total. The van der Waals surface area contributed by atoms with E-state index in [2.05, 4.69) is 51.5 Å². The Morgan fingerprint density at radius 3 is 2.82 bits per heavy atom. The molecule has 6 nitrogen and oxygen atoms in total. The van der Waals surface area contributed by atoms with Crippen LogP contribution in [0.4, 0.5) is 0 Å². The van der Waals surface area contributed by atoms with Gasteiger partial charge in [0.1, 0.15) is 0 Å². The second-order valence-electron chi connectivity index (χ2n) is 7.18. The van der Waals surface area contributed by atoms with E-state index in [0.29, 0.717) is 11.7 Å². The Bertz CT molecular complexity index is 914. The molecule has 1 saturated heterocycles. The van der Waals surface area contributed by atoms with Crippen molar-refractivity contribution < 1.29 is 9.32 Å². The van der Waals surface area contributed by atoms with Gasteiger partial charge in [0.2, 0.25) is 17.6 Å². The van der Waals surface area contributed by atoms with Gasteiger partial charge in [-0.2, -0.15) is 4.98 Å². The van der Waals surface area contributed by atoms with Crippen molar-refractivity contribution in [2.75, 3.05) is 13.1 Å². The van der Waals surface area contributed by atoms with Crippen LogP contribution in [0.5, 0.6) is 0 Å². The largest absolute Gasteiger partial charge is 0.347 e. The Labute approximate surface area is 168 Å². The van der Waals surface area contributed by atoms with E-state index in [-0.39, 0.29) is 18.4 Å². The van der Waals surface area contributed by atoms with Gasteiger partial charge in [-0.3, -0.25) is 9.69 Å². The Kier molecular flexibility index (Phi) is 5.83. The van der Waals surface area contributed by atoms with E-state index < -0.39 is 0 Å². The molecule has 1 aromatic carbocycles. The van der Waals surface area contributed by atoms with Crippen molar-refractivity contribution in [1.82, 2.24) is 20.4 Å². The normalized spacial score (nSPS) is 15.6. The van der Waals surface area contributed by atoms with Crippen LogP contribution < -0.4 is 5.32 Å². The summed E-state index contributed by atoms with van der Waals surface area (Å²) in [7, 11) is 0. The first-order valence-electron chi connectivity index (χ1n) is 9.60. The molecule has 1 fully saturated rings. The third-order valence-electron chi connectivity index (χ3n) is 5.24. The van der Waals surface area contributed by atoms with Crippen LogP contribution in [0, 0.1) is 12.8 Å². The summed E-state index contributed by atoms with van der Waals surface area (Å²) in [6, 6.07) is 12.4. The summed E-state index contributed by atoms with van der Waals surface area (Å²) in [4.78, 5) is 20.2. The van der Waals surface area contributed by atoms with E-state index in [0.717, 1.165) is 37.4 Å². The molecule has 28 heavy (non-hydrogen) atoms. The van der Waals surface area contributed by atoms with E-state index in [1.807, 2.05) is 17.5 Å². The van der Waals surface area contributed by atoms with Crippen LogP contribution in [0.3, 0.4) is 0 Å². The predicted molar refractivity (Wildman–Crippen MR) is 109 cm³/mol. The van der Waals surface area contributed by atoms with Crippen molar-refractivity contribution >= 4 is 17.2 Å². The number of carbonyl (C=O) groups excluding carboxylic acids is 1. The summed E-state index contributed by atoms with van der Waals surface area (Å²) >= 11 is 1.56. The number of thiophene rings is 1. The van der Waals surface area contributed by atoms with Gasteiger partial charge in [-0.1, -0.05) is 35.5 Å². The number of hydrogen-bond donors (Lipinski definition) is 1. The van der Waals surface area contributed by atoms with Crippen molar-refractivity contribution in [2.24, 2.45) is 5.92 Å². The molecular formula is C21H24N4O2S. The molecule has 146 valence electrons. The predicted octanol–water partition coefficient (Wildman–Crippen LogP) is 3.63. The van der Waals surface area contributed by atoms with Crippen molar-refractivity contribution in [2.45, 2.75) is 32.9 Å². The molecule has 0 bridgehead atoms. The molecule has 0 aliphatic carbocycles. The molecule has 1 aliphatic rings. The summed E-state index contributed by atoms with van der Waals surface area (Å²) in [5, 5.41) is 8.89. The number of aromatic nitrogens is 2. The van der Waals surface area contributed by atoms with E-state index in [4.69, 9.17) is 4.52 Å². The van der Waals surface area contributed by atoms with Crippen molar-refractivity contribution in [3.8, 4) is 10.7 Å². The van der Waals surface area contributed by atoms with Crippen LogP contribution in [-0.2, 0) is 17.9 Å². The van der Waals surface area contributed by atoms with Gasteiger partial charge in [0, 0.05) is 12.5 Å². The van der Waals surface area contributed by atoms with Crippen molar-refractivity contribution in [1.29, 1.82) is 0 Å². The van der Waals surface area contributed by atoms with E-state index in [9.17, 15) is 4.79 Å². The number of piperidine rings is 1. The number of likely N-dealkylation sites (tertiary alicyclic amines) is 1. The fourth-order valence-corrected chi connectivity index (χ4v) is 4.17. The van der Waals surface area contributed by atoms with Gasteiger partial charge in [-0.15, -0.1) is 11.3 Å². The van der Waals surface area contributed by atoms with Gasteiger partial charge < -0.3 is 9.84 Å². The minimum absolute atomic E-state index is 0.0489. The van der Waals surface area contributed by atoms with Gasteiger partial charge in [0.15, 0.2) is 0 Å². The smallest absolute Gasteiger partial charge is 0.246 e. The molecule has 0 saturated carbocycles. The van der Waals surface area contributed by atoms with Crippen molar-refractivity contribution in [3.63, 3.8) is 0 Å². The molecule has 0 unspecified atom stereocenters. The van der Waals surface area contributed by atoms with Gasteiger partial charge in [-0.05, 0) is 55.4 Å². The topological polar surface area (TPSA) is 71.3 Å². The van der Waals surface area contributed by atoms with Crippen LogP contribution >= 0.6 is 11.3 Å². The Hall–Kier alpha value is -2.51. The molecule has 1 amide bonds. The molecular weight excluding hydrogens is 372 g/mol. The molecule has 7 heteroatoms. The molecule has 3 heterocycles. The third-order valence-corrected chi connectivity index (χ3v) is 6.10. The highest BCUT2D eigenvalue weighted by Crippen LogP contribution is 2.22. The summed E-state index contributed by atoms with van der Waals surface area (Å²) in [5.74, 6) is 1.14. The second-order valence-corrected chi connectivity index (χ2v) is 8.13. The SMILES string of the molecule is Cc1ccccc1CN1CCC(C(=O)NCc2nc(-c3cccs3)no2)CC1. The number of amides is 1. The maximum Gasteiger partial charge on any atom is 0.246 e. The number of benzene rings is 1. The average molecular weight is 397 g/mol. The van der Waals surface area contributed by atoms with Crippen LogP contribution in [0.1, 0.15) is 29.9 Å². The van der Waals surface area contributed by atoms with E-state index >= 15 is 0 Å². The zero-order valence-electron chi connectivity index (χ0n) is 15.9.